The van der Waals surface area contributed by atoms with Crippen molar-refractivity contribution in [2.45, 2.75) is 13.0 Å². The highest BCUT2D eigenvalue weighted by atomic mass is 79.9. The first-order valence-corrected chi connectivity index (χ1v) is 6.50. The normalized spacial score (nSPS) is 12.7. The van der Waals surface area contributed by atoms with Crippen molar-refractivity contribution >= 4 is 27.3 Å². The molecule has 2 aromatic rings. The molecule has 84 valence electrons. The molecule has 1 unspecified atom stereocenters. The number of pyridine rings is 1. The summed E-state index contributed by atoms with van der Waals surface area (Å²) in [5.41, 5.74) is 5.03. The van der Waals surface area contributed by atoms with Gasteiger partial charge < -0.3 is 0 Å². The van der Waals surface area contributed by atoms with E-state index in [4.69, 9.17) is 5.84 Å². The highest BCUT2D eigenvalue weighted by Gasteiger charge is 2.16. The second-order valence-corrected chi connectivity index (χ2v) is 5.33. The van der Waals surface area contributed by atoms with Crippen molar-refractivity contribution in [3.8, 4) is 0 Å². The Morgan fingerprint density at radius 1 is 1.50 bits per heavy atom. The summed E-state index contributed by atoms with van der Waals surface area (Å²) in [7, 11) is 0. The maximum Gasteiger partial charge on any atom is 0.0828 e. The van der Waals surface area contributed by atoms with Gasteiger partial charge in [0.05, 0.1) is 6.04 Å². The summed E-state index contributed by atoms with van der Waals surface area (Å²) >= 11 is 5.18. The number of aryl methyl sites for hydroxylation is 1. The van der Waals surface area contributed by atoms with Crippen LogP contribution < -0.4 is 11.3 Å². The average molecular weight is 298 g/mol. The van der Waals surface area contributed by atoms with Crippen LogP contribution in [0.1, 0.15) is 22.0 Å². The minimum absolute atomic E-state index is 0.0122. The molecule has 0 aliphatic carbocycles. The summed E-state index contributed by atoms with van der Waals surface area (Å²) in [6, 6.07) is 4.10. The summed E-state index contributed by atoms with van der Waals surface area (Å²) in [4.78, 5) is 5.35. The molecule has 5 heteroatoms. The molecule has 0 aromatic carbocycles. The van der Waals surface area contributed by atoms with Gasteiger partial charge in [-0.25, -0.2) is 5.43 Å². The van der Waals surface area contributed by atoms with E-state index >= 15 is 0 Å². The van der Waals surface area contributed by atoms with Gasteiger partial charge in [-0.05, 0) is 45.4 Å². The van der Waals surface area contributed by atoms with Gasteiger partial charge in [0.25, 0.3) is 0 Å². The Labute approximate surface area is 107 Å². The number of hydrogen-bond donors (Lipinski definition) is 2. The summed E-state index contributed by atoms with van der Waals surface area (Å²) < 4.78 is 1.07. The largest absolute Gasteiger partial charge is 0.271 e. The van der Waals surface area contributed by atoms with Gasteiger partial charge in [-0.2, -0.15) is 0 Å². The third-order valence-corrected chi connectivity index (χ3v) is 4.24. The SMILES string of the molecule is Cc1cncc(C(NN)c2sccc2Br)c1. The maximum absolute atomic E-state index is 5.62. The van der Waals surface area contributed by atoms with Gasteiger partial charge in [0.15, 0.2) is 0 Å². The first-order chi connectivity index (χ1) is 7.72. The monoisotopic (exact) mass is 297 g/mol. The van der Waals surface area contributed by atoms with Crippen LogP contribution in [0.5, 0.6) is 0 Å². The molecule has 1 atom stereocenters. The van der Waals surface area contributed by atoms with Crippen LogP contribution in [0.2, 0.25) is 0 Å². The molecule has 3 nitrogen and oxygen atoms in total. The van der Waals surface area contributed by atoms with E-state index in [0.29, 0.717) is 0 Å². The predicted molar refractivity (Wildman–Crippen MR) is 70.2 cm³/mol. The molecule has 0 aliphatic rings. The molecular formula is C11H12BrN3S. The van der Waals surface area contributed by atoms with Crippen LogP contribution in [-0.4, -0.2) is 4.98 Å². The smallest absolute Gasteiger partial charge is 0.0828 e. The number of aromatic nitrogens is 1. The molecule has 2 aromatic heterocycles. The maximum atomic E-state index is 5.62. The first-order valence-electron chi connectivity index (χ1n) is 4.83. The molecule has 0 radical (unpaired) electrons. The Balaban J connectivity index is 2.40. The van der Waals surface area contributed by atoms with Crippen LogP contribution >= 0.6 is 27.3 Å². The standard InChI is InChI=1S/C11H12BrN3S/c1-7-4-8(6-14-5-7)10(15-13)11-9(12)2-3-16-11/h2-6,10,15H,13H2,1H3. The molecule has 0 bridgehead atoms. The number of thiophene rings is 1. The molecule has 0 saturated carbocycles. The fourth-order valence-corrected chi connectivity index (χ4v) is 3.26. The number of hydrazine groups is 1. The molecule has 0 saturated heterocycles. The Morgan fingerprint density at radius 3 is 2.88 bits per heavy atom. The van der Waals surface area contributed by atoms with E-state index in [1.165, 1.54) is 0 Å². The molecular weight excluding hydrogens is 286 g/mol. The van der Waals surface area contributed by atoms with Crippen LogP contribution in [0.4, 0.5) is 0 Å². The topological polar surface area (TPSA) is 50.9 Å². The van der Waals surface area contributed by atoms with Gasteiger partial charge in [-0.15, -0.1) is 11.3 Å². The van der Waals surface area contributed by atoms with Crippen LogP contribution in [-0.2, 0) is 0 Å². The van der Waals surface area contributed by atoms with Crippen molar-refractivity contribution in [2.75, 3.05) is 0 Å². The van der Waals surface area contributed by atoms with Crippen molar-refractivity contribution in [1.82, 2.24) is 10.4 Å². The van der Waals surface area contributed by atoms with Gasteiger partial charge in [0, 0.05) is 21.7 Å². The van der Waals surface area contributed by atoms with Crippen molar-refractivity contribution in [3.63, 3.8) is 0 Å². The van der Waals surface area contributed by atoms with Crippen LogP contribution in [0, 0.1) is 6.92 Å². The molecule has 2 rings (SSSR count). The van der Waals surface area contributed by atoms with Crippen molar-refractivity contribution in [1.29, 1.82) is 0 Å². The fraction of sp³-hybridized carbons (Fsp3) is 0.182. The van der Waals surface area contributed by atoms with Crippen molar-refractivity contribution < 1.29 is 0 Å². The van der Waals surface area contributed by atoms with E-state index in [1.54, 1.807) is 11.3 Å². The molecule has 0 amide bonds. The minimum atomic E-state index is -0.0122. The minimum Gasteiger partial charge on any atom is -0.271 e. The zero-order valence-corrected chi connectivity index (χ0v) is 11.2. The van der Waals surface area contributed by atoms with E-state index < -0.39 is 0 Å². The highest BCUT2D eigenvalue weighted by Crippen LogP contribution is 2.32. The van der Waals surface area contributed by atoms with Gasteiger partial charge in [0.1, 0.15) is 0 Å². The third kappa shape index (κ3) is 2.32. The lowest BCUT2D eigenvalue weighted by Gasteiger charge is -2.15. The molecule has 3 N–H and O–H groups in total. The molecule has 0 fully saturated rings. The van der Waals surface area contributed by atoms with E-state index in [9.17, 15) is 0 Å². The number of rotatable bonds is 3. The van der Waals surface area contributed by atoms with E-state index in [-0.39, 0.29) is 6.04 Å². The van der Waals surface area contributed by atoms with Gasteiger partial charge in [-0.3, -0.25) is 10.8 Å². The molecule has 0 aliphatic heterocycles. The van der Waals surface area contributed by atoms with Crippen LogP contribution in [0.3, 0.4) is 0 Å². The fourth-order valence-electron chi connectivity index (χ4n) is 1.57. The summed E-state index contributed by atoms with van der Waals surface area (Å²) in [5, 5.41) is 2.03. The highest BCUT2D eigenvalue weighted by molar-refractivity contribution is 9.10. The second-order valence-electron chi connectivity index (χ2n) is 3.53. The number of nitrogens with two attached hydrogens (primary N) is 1. The summed E-state index contributed by atoms with van der Waals surface area (Å²) in [5.74, 6) is 5.62. The Bertz CT molecular complexity index is 484. The lowest BCUT2D eigenvalue weighted by atomic mass is 10.1. The van der Waals surface area contributed by atoms with Gasteiger partial charge in [-0.1, -0.05) is 6.07 Å². The summed E-state index contributed by atoms with van der Waals surface area (Å²) in [6.07, 6.45) is 3.67. The van der Waals surface area contributed by atoms with Crippen molar-refractivity contribution in [3.05, 3.63) is 50.4 Å². The van der Waals surface area contributed by atoms with E-state index in [1.807, 2.05) is 30.8 Å². The van der Waals surface area contributed by atoms with E-state index in [0.717, 1.165) is 20.5 Å². The lowest BCUT2D eigenvalue weighted by molar-refractivity contribution is 0.642. The zero-order chi connectivity index (χ0) is 11.5. The number of nitrogens with one attached hydrogen (secondary N) is 1. The Morgan fingerprint density at radius 2 is 2.31 bits per heavy atom. The first kappa shape index (κ1) is 11.7. The lowest BCUT2D eigenvalue weighted by Crippen LogP contribution is -2.28. The van der Waals surface area contributed by atoms with E-state index in [2.05, 4.69) is 32.4 Å². The Hall–Kier alpha value is -0.750. The molecule has 16 heavy (non-hydrogen) atoms. The molecule has 0 spiro atoms. The summed E-state index contributed by atoms with van der Waals surface area (Å²) in [6.45, 7) is 2.02. The molecule has 2 heterocycles. The number of hydrogen-bond acceptors (Lipinski definition) is 4. The number of nitrogens with zero attached hydrogens (tertiary/aromatic N) is 1. The van der Waals surface area contributed by atoms with Gasteiger partial charge in [0.2, 0.25) is 0 Å². The third-order valence-electron chi connectivity index (χ3n) is 2.30. The quantitative estimate of drug-likeness (QED) is 0.677. The van der Waals surface area contributed by atoms with Gasteiger partial charge >= 0.3 is 0 Å². The zero-order valence-electron chi connectivity index (χ0n) is 8.77. The average Bonchev–Trinajstić information content (AvgIpc) is 2.67. The number of halogens is 1. The van der Waals surface area contributed by atoms with Crippen LogP contribution in [0.15, 0.2) is 34.4 Å². The van der Waals surface area contributed by atoms with Crippen molar-refractivity contribution in [2.24, 2.45) is 5.84 Å². The van der Waals surface area contributed by atoms with Crippen LogP contribution in [0.25, 0.3) is 0 Å². The Kier molecular flexibility index (Phi) is 3.70. The predicted octanol–water partition coefficient (Wildman–Crippen LogP) is 2.77. The second kappa shape index (κ2) is 5.05.